The van der Waals surface area contributed by atoms with Gasteiger partial charge in [-0.05, 0) is 37.1 Å². The normalized spacial score (nSPS) is 19.5. The highest BCUT2D eigenvalue weighted by Gasteiger charge is 2.23. The zero-order valence-electron chi connectivity index (χ0n) is 10.4. The van der Waals surface area contributed by atoms with Crippen molar-refractivity contribution in [3.63, 3.8) is 0 Å². The molecule has 2 N–H and O–H groups in total. The maximum absolute atomic E-state index is 13.1. The first kappa shape index (κ1) is 14.0. The third kappa shape index (κ3) is 3.30. The van der Waals surface area contributed by atoms with Crippen molar-refractivity contribution in [3.05, 3.63) is 29.6 Å². The Bertz CT molecular complexity index is 601. The number of rotatable bonds is 4. The summed E-state index contributed by atoms with van der Waals surface area (Å²) in [7, 11) is -3.67. The van der Waals surface area contributed by atoms with Gasteiger partial charge in [-0.3, -0.25) is 4.79 Å². The van der Waals surface area contributed by atoms with E-state index in [-0.39, 0.29) is 29.0 Å². The fraction of sp³-hybridized carbons (Fsp3) is 0.417. The van der Waals surface area contributed by atoms with E-state index in [1.165, 1.54) is 19.1 Å². The van der Waals surface area contributed by atoms with E-state index in [9.17, 15) is 17.6 Å². The third-order valence-corrected chi connectivity index (χ3v) is 4.47. The number of amides is 1. The Kier molecular flexibility index (Phi) is 3.86. The molecule has 1 aromatic carbocycles. The molecule has 0 aliphatic carbocycles. The van der Waals surface area contributed by atoms with E-state index in [0.29, 0.717) is 12.8 Å². The molecule has 7 heteroatoms. The van der Waals surface area contributed by atoms with Gasteiger partial charge in [-0.2, -0.15) is 0 Å². The van der Waals surface area contributed by atoms with Crippen molar-refractivity contribution < 1.29 is 17.6 Å². The summed E-state index contributed by atoms with van der Waals surface area (Å²) in [6, 6.07) is 3.45. The fourth-order valence-electron chi connectivity index (χ4n) is 1.91. The van der Waals surface area contributed by atoms with Gasteiger partial charge in [-0.15, -0.1) is 0 Å². The summed E-state index contributed by atoms with van der Waals surface area (Å²) in [4.78, 5) is 11.0. The van der Waals surface area contributed by atoms with E-state index in [1.807, 2.05) is 0 Å². The molecule has 1 amide bonds. The molecule has 0 bridgehead atoms. The maximum Gasteiger partial charge on any atom is 0.240 e. The number of carbonyl (C=O) groups is 1. The predicted molar refractivity (Wildman–Crippen MR) is 67.5 cm³/mol. The van der Waals surface area contributed by atoms with Gasteiger partial charge in [0.2, 0.25) is 15.9 Å². The Hall–Kier alpha value is -1.47. The van der Waals surface area contributed by atoms with Crippen LogP contribution in [0.1, 0.15) is 18.4 Å². The van der Waals surface area contributed by atoms with Crippen molar-refractivity contribution >= 4 is 15.9 Å². The molecule has 0 spiro atoms. The summed E-state index contributed by atoms with van der Waals surface area (Å²) in [5.41, 5.74) is 0.275. The SMILES string of the molecule is Cc1cc(S(=O)(=O)NCC2CCC(=O)N2)ccc1F. The predicted octanol–water partition coefficient (Wildman–Crippen LogP) is 0.691. The minimum absolute atomic E-state index is 0.0238. The largest absolute Gasteiger partial charge is 0.352 e. The van der Waals surface area contributed by atoms with E-state index < -0.39 is 15.8 Å². The molecule has 1 fully saturated rings. The van der Waals surface area contributed by atoms with E-state index in [0.717, 1.165) is 6.07 Å². The molecule has 5 nitrogen and oxygen atoms in total. The number of carbonyl (C=O) groups excluding carboxylic acids is 1. The fourth-order valence-corrected chi connectivity index (χ4v) is 3.07. The average Bonchev–Trinajstić information content (AvgIpc) is 2.76. The van der Waals surface area contributed by atoms with Gasteiger partial charge < -0.3 is 5.32 Å². The lowest BCUT2D eigenvalue weighted by Gasteiger charge is -2.12. The monoisotopic (exact) mass is 286 g/mol. The number of hydrogen-bond acceptors (Lipinski definition) is 3. The summed E-state index contributed by atoms with van der Waals surface area (Å²) in [5.74, 6) is -0.510. The van der Waals surface area contributed by atoms with Crippen LogP contribution in [0.4, 0.5) is 4.39 Å². The first-order chi connectivity index (χ1) is 8.88. The highest BCUT2D eigenvalue weighted by atomic mass is 32.2. The van der Waals surface area contributed by atoms with E-state index >= 15 is 0 Å². The van der Waals surface area contributed by atoms with Crippen molar-refractivity contribution in [3.8, 4) is 0 Å². The third-order valence-electron chi connectivity index (χ3n) is 3.04. The second kappa shape index (κ2) is 5.26. The van der Waals surface area contributed by atoms with E-state index in [1.54, 1.807) is 0 Å². The minimum Gasteiger partial charge on any atom is -0.352 e. The molecule has 1 atom stereocenters. The van der Waals surface area contributed by atoms with Gasteiger partial charge in [0.05, 0.1) is 4.90 Å². The molecular weight excluding hydrogens is 271 g/mol. The second-order valence-corrected chi connectivity index (χ2v) is 6.33. The molecule has 104 valence electrons. The Labute approximate surface area is 111 Å². The van der Waals surface area contributed by atoms with Crippen molar-refractivity contribution in [1.82, 2.24) is 10.0 Å². The van der Waals surface area contributed by atoms with Crippen LogP contribution in [0.5, 0.6) is 0 Å². The van der Waals surface area contributed by atoms with E-state index in [2.05, 4.69) is 10.0 Å². The summed E-state index contributed by atoms with van der Waals surface area (Å²) < 4.78 is 39.5. The minimum atomic E-state index is -3.67. The van der Waals surface area contributed by atoms with Crippen LogP contribution in [-0.4, -0.2) is 26.9 Å². The summed E-state index contributed by atoms with van der Waals surface area (Å²) >= 11 is 0. The lowest BCUT2D eigenvalue weighted by atomic mass is 10.2. The van der Waals surface area contributed by atoms with Crippen LogP contribution in [0.2, 0.25) is 0 Å². The molecule has 0 radical (unpaired) electrons. The van der Waals surface area contributed by atoms with Crippen LogP contribution >= 0.6 is 0 Å². The van der Waals surface area contributed by atoms with Crippen molar-refractivity contribution in [2.24, 2.45) is 0 Å². The molecule has 1 aliphatic heterocycles. The molecule has 1 aliphatic rings. The van der Waals surface area contributed by atoms with Gasteiger partial charge >= 0.3 is 0 Å². The Morgan fingerprint density at radius 3 is 2.79 bits per heavy atom. The number of hydrogen-bond donors (Lipinski definition) is 2. The number of benzene rings is 1. The zero-order valence-corrected chi connectivity index (χ0v) is 11.3. The molecule has 1 heterocycles. The molecule has 2 rings (SSSR count). The van der Waals surface area contributed by atoms with E-state index in [4.69, 9.17) is 0 Å². The lowest BCUT2D eigenvalue weighted by molar-refractivity contribution is -0.119. The topological polar surface area (TPSA) is 75.3 Å². The van der Waals surface area contributed by atoms with Gasteiger partial charge in [0.1, 0.15) is 5.82 Å². The number of aryl methyl sites for hydroxylation is 1. The smallest absolute Gasteiger partial charge is 0.240 e. The molecule has 19 heavy (non-hydrogen) atoms. The van der Waals surface area contributed by atoms with Gasteiger partial charge in [0.25, 0.3) is 0 Å². The summed E-state index contributed by atoms with van der Waals surface area (Å²) in [6.07, 6.45) is 1.03. The van der Waals surface area contributed by atoms with Crippen LogP contribution < -0.4 is 10.0 Å². The molecule has 1 aromatic rings. The van der Waals surface area contributed by atoms with Crippen LogP contribution in [-0.2, 0) is 14.8 Å². The Balaban J connectivity index is 2.05. The Morgan fingerprint density at radius 1 is 1.47 bits per heavy atom. The molecule has 1 unspecified atom stereocenters. The van der Waals surface area contributed by atoms with Gasteiger partial charge in [-0.25, -0.2) is 17.5 Å². The van der Waals surface area contributed by atoms with Crippen molar-refractivity contribution in [2.45, 2.75) is 30.7 Å². The first-order valence-electron chi connectivity index (χ1n) is 5.94. The van der Waals surface area contributed by atoms with Gasteiger partial charge in [0.15, 0.2) is 0 Å². The van der Waals surface area contributed by atoms with Crippen LogP contribution in [0.15, 0.2) is 23.1 Å². The van der Waals surface area contributed by atoms with Crippen LogP contribution in [0, 0.1) is 12.7 Å². The number of nitrogens with one attached hydrogen (secondary N) is 2. The van der Waals surface area contributed by atoms with Crippen molar-refractivity contribution in [2.75, 3.05) is 6.54 Å². The van der Waals surface area contributed by atoms with Crippen LogP contribution in [0.25, 0.3) is 0 Å². The van der Waals surface area contributed by atoms with Gasteiger partial charge in [0, 0.05) is 19.0 Å². The number of sulfonamides is 1. The number of halogens is 1. The summed E-state index contributed by atoms with van der Waals surface area (Å²) in [5, 5.41) is 2.67. The average molecular weight is 286 g/mol. The lowest BCUT2D eigenvalue weighted by Crippen LogP contribution is -2.38. The maximum atomic E-state index is 13.1. The molecule has 0 saturated carbocycles. The van der Waals surface area contributed by atoms with Gasteiger partial charge in [-0.1, -0.05) is 0 Å². The highest BCUT2D eigenvalue weighted by molar-refractivity contribution is 7.89. The summed E-state index contributed by atoms with van der Waals surface area (Å²) in [6.45, 7) is 1.65. The van der Waals surface area contributed by atoms with Crippen molar-refractivity contribution in [1.29, 1.82) is 0 Å². The Morgan fingerprint density at radius 2 is 2.21 bits per heavy atom. The first-order valence-corrected chi connectivity index (χ1v) is 7.42. The van der Waals surface area contributed by atoms with Crippen LogP contribution in [0.3, 0.4) is 0 Å². The quantitative estimate of drug-likeness (QED) is 0.855. The highest BCUT2D eigenvalue weighted by Crippen LogP contribution is 2.14. The molecule has 1 saturated heterocycles. The molecular formula is C12H15FN2O3S. The second-order valence-electron chi connectivity index (χ2n) is 4.57. The zero-order chi connectivity index (χ0) is 14.0. The standard InChI is InChI=1S/C12H15FN2O3S/c1-8-6-10(3-4-11(8)13)19(17,18)14-7-9-2-5-12(16)15-9/h3-4,6,9,14H,2,5,7H2,1H3,(H,15,16). The molecule has 0 aromatic heterocycles.